The van der Waals surface area contributed by atoms with E-state index < -0.39 is 0 Å². The summed E-state index contributed by atoms with van der Waals surface area (Å²) >= 11 is 0. The minimum absolute atomic E-state index is 0.0635. The van der Waals surface area contributed by atoms with Gasteiger partial charge in [0.25, 0.3) is 0 Å². The average Bonchev–Trinajstić information content (AvgIpc) is 2.02. The first-order chi connectivity index (χ1) is 5.27. The molecule has 2 fully saturated rings. The lowest BCUT2D eigenvalue weighted by molar-refractivity contribution is -0.165. The van der Waals surface area contributed by atoms with E-state index in [-0.39, 0.29) is 24.1 Å². The number of hydrogen-bond acceptors (Lipinski definition) is 3. The van der Waals surface area contributed by atoms with Crippen molar-refractivity contribution in [1.29, 1.82) is 0 Å². The van der Waals surface area contributed by atoms with Crippen molar-refractivity contribution in [2.75, 3.05) is 0 Å². The van der Waals surface area contributed by atoms with E-state index in [9.17, 15) is 9.90 Å². The summed E-state index contributed by atoms with van der Waals surface area (Å²) in [5.74, 6) is 0.216. The van der Waals surface area contributed by atoms with Crippen LogP contribution in [0.25, 0.3) is 0 Å². The molecule has 1 N–H and O–H groups in total. The van der Waals surface area contributed by atoms with Gasteiger partial charge in [0.05, 0.1) is 12.2 Å². The zero-order chi connectivity index (χ0) is 7.84. The van der Waals surface area contributed by atoms with E-state index in [1.165, 1.54) is 0 Å². The molecule has 0 saturated carbocycles. The third kappa shape index (κ3) is 1.19. The molecule has 0 amide bonds. The van der Waals surface area contributed by atoms with Gasteiger partial charge in [-0.05, 0) is 19.3 Å². The highest BCUT2D eigenvalue weighted by molar-refractivity contribution is 5.83. The second-order valence-corrected chi connectivity index (χ2v) is 3.31. The van der Waals surface area contributed by atoms with E-state index in [0.717, 1.165) is 6.42 Å². The SMILES string of the molecule is O=C1CCC2OC1CCC2O. The predicted octanol–water partition coefficient (Wildman–Crippen LogP) is 0.258. The molecule has 3 atom stereocenters. The molecule has 0 radical (unpaired) electrons. The van der Waals surface area contributed by atoms with Crippen molar-refractivity contribution >= 4 is 5.78 Å². The molecule has 0 spiro atoms. The number of fused-ring (bicyclic) bond motifs is 2. The number of Topliss-reactive ketones (excluding diaryl/α,β-unsaturated/α-hetero) is 1. The maximum absolute atomic E-state index is 11.1. The molecule has 0 aromatic rings. The van der Waals surface area contributed by atoms with Crippen LogP contribution in [-0.4, -0.2) is 29.2 Å². The van der Waals surface area contributed by atoms with Crippen molar-refractivity contribution in [3.63, 3.8) is 0 Å². The van der Waals surface area contributed by atoms with Crippen LogP contribution in [0, 0.1) is 0 Å². The molecular formula is C8H12O3. The maximum atomic E-state index is 11.1. The first-order valence-corrected chi connectivity index (χ1v) is 4.13. The van der Waals surface area contributed by atoms with Gasteiger partial charge in [0.2, 0.25) is 0 Å². The Morgan fingerprint density at radius 3 is 3.00 bits per heavy atom. The number of ether oxygens (including phenoxy) is 1. The largest absolute Gasteiger partial charge is 0.390 e. The predicted molar refractivity (Wildman–Crippen MR) is 38.1 cm³/mol. The van der Waals surface area contributed by atoms with E-state index in [1.807, 2.05) is 0 Å². The summed E-state index contributed by atoms with van der Waals surface area (Å²) in [6.45, 7) is 0. The molecule has 0 aliphatic carbocycles. The number of hydrogen-bond donors (Lipinski definition) is 1. The average molecular weight is 156 g/mol. The topological polar surface area (TPSA) is 46.5 Å². The molecular weight excluding hydrogens is 144 g/mol. The van der Waals surface area contributed by atoms with Crippen LogP contribution in [0.1, 0.15) is 25.7 Å². The van der Waals surface area contributed by atoms with Crippen LogP contribution in [0.2, 0.25) is 0 Å². The van der Waals surface area contributed by atoms with Gasteiger partial charge in [-0.1, -0.05) is 0 Å². The highest BCUT2D eigenvalue weighted by Crippen LogP contribution is 2.28. The van der Waals surface area contributed by atoms with Crippen molar-refractivity contribution in [2.24, 2.45) is 0 Å². The van der Waals surface area contributed by atoms with Crippen LogP contribution in [-0.2, 0) is 9.53 Å². The third-order valence-electron chi connectivity index (χ3n) is 2.53. The molecule has 3 heteroatoms. The Morgan fingerprint density at radius 2 is 2.18 bits per heavy atom. The fourth-order valence-corrected chi connectivity index (χ4v) is 1.82. The monoisotopic (exact) mass is 156 g/mol. The molecule has 2 bridgehead atoms. The summed E-state index contributed by atoms with van der Waals surface area (Å²) in [7, 11) is 0. The zero-order valence-corrected chi connectivity index (χ0v) is 6.32. The summed E-state index contributed by atoms with van der Waals surface area (Å²) in [5.41, 5.74) is 0. The third-order valence-corrected chi connectivity index (χ3v) is 2.53. The van der Waals surface area contributed by atoms with Crippen molar-refractivity contribution < 1.29 is 14.6 Å². The second kappa shape index (κ2) is 2.57. The van der Waals surface area contributed by atoms with E-state index in [4.69, 9.17) is 4.74 Å². The van der Waals surface area contributed by atoms with Gasteiger partial charge in [0.15, 0.2) is 5.78 Å². The van der Waals surface area contributed by atoms with Gasteiger partial charge in [0, 0.05) is 6.42 Å². The maximum Gasteiger partial charge on any atom is 0.161 e. The van der Waals surface area contributed by atoms with Gasteiger partial charge in [-0.3, -0.25) is 4.79 Å². The molecule has 62 valence electrons. The van der Waals surface area contributed by atoms with Crippen LogP contribution in [0.4, 0.5) is 0 Å². The first-order valence-electron chi connectivity index (χ1n) is 4.13. The van der Waals surface area contributed by atoms with Crippen molar-refractivity contribution in [3.05, 3.63) is 0 Å². The Hall–Kier alpha value is -0.410. The fraction of sp³-hybridized carbons (Fsp3) is 0.875. The van der Waals surface area contributed by atoms with Crippen LogP contribution < -0.4 is 0 Å². The minimum Gasteiger partial charge on any atom is -0.390 e. The second-order valence-electron chi connectivity index (χ2n) is 3.31. The van der Waals surface area contributed by atoms with E-state index in [2.05, 4.69) is 0 Å². The standard InChI is InChI=1S/C8H12O3/c9-5-1-3-7-6(10)2-4-8(5)11-7/h5,7-9H,1-4H2. The molecule has 3 nitrogen and oxygen atoms in total. The molecule has 3 unspecified atom stereocenters. The van der Waals surface area contributed by atoms with Gasteiger partial charge in [-0.15, -0.1) is 0 Å². The van der Waals surface area contributed by atoms with E-state index >= 15 is 0 Å². The highest BCUT2D eigenvalue weighted by Gasteiger charge is 2.37. The molecule has 2 aliphatic heterocycles. The lowest BCUT2D eigenvalue weighted by Crippen LogP contribution is -2.46. The molecule has 2 rings (SSSR count). The van der Waals surface area contributed by atoms with E-state index in [0.29, 0.717) is 19.3 Å². The number of ketones is 1. The molecule has 11 heavy (non-hydrogen) atoms. The molecule has 2 saturated heterocycles. The Bertz CT molecular complexity index is 178. The lowest BCUT2D eigenvalue weighted by Gasteiger charge is -2.36. The Balaban J connectivity index is 2.08. The highest BCUT2D eigenvalue weighted by atomic mass is 16.5. The van der Waals surface area contributed by atoms with Crippen LogP contribution >= 0.6 is 0 Å². The van der Waals surface area contributed by atoms with Gasteiger partial charge in [-0.25, -0.2) is 0 Å². The van der Waals surface area contributed by atoms with Crippen molar-refractivity contribution in [1.82, 2.24) is 0 Å². The zero-order valence-electron chi connectivity index (χ0n) is 6.32. The quantitative estimate of drug-likeness (QED) is 0.547. The van der Waals surface area contributed by atoms with Gasteiger partial charge >= 0.3 is 0 Å². The molecule has 0 aromatic heterocycles. The Labute approximate surface area is 65.4 Å². The summed E-state index contributed by atoms with van der Waals surface area (Å²) in [5, 5.41) is 9.37. The molecule has 2 aliphatic rings. The smallest absolute Gasteiger partial charge is 0.161 e. The summed E-state index contributed by atoms with van der Waals surface area (Å²) in [6, 6.07) is 0. The number of aliphatic hydroxyl groups is 1. The molecule has 2 heterocycles. The summed E-state index contributed by atoms with van der Waals surface area (Å²) in [4.78, 5) is 11.1. The van der Waals surface area contributed by atoms with Crippen LogP contribution in [0.5, 0.6) is 0 Å². The number of carbonyl (C=O) groups excluding carboxylic acids is 1. The molecule has 0 aromatic carbocycles. The number of carbonyl (C=O) groups is 1. The van der Waals surface area contributed by atoms with Gasteiger partial charge in [0.1, 0.15) is 6.10 Å². The van der Waals surface area contributed by atoms with Gasteiger partial charge in [-0.2, -0.15) is 0 Å². The first kappa shape index (κ1) is 7.25. The van der Waals surface area contributed by atoms with E-state index in [1.54, 1.807) is 0 Å². The van der Waals surface area contributed by atoms with Crippen LogP contribution in [0.15, 0.2) is 0 Å². The Morgan fingerprint density at radius 1 is 1.36 bits per heavy atom. The summed E-state index contributed by atoms with van der Waals surface area (Å²) in [6.07, 6.45) is 2.13. The lowest BCUT2D eigenvalue weighted by atomic mass is 9.89. The van der Waals surface area contributed by atoms with Gasteiger partial charge < -0.3 is 9.84 Å². The van der Waals surface area contributed by atoms with Crippen LogP contribution in [0.3, 0.4) is 0 Å². The summed E-state index contributed by atoms with van der Waals surface area (Å²) < 4.78 is 5.35. The van der Waals surface area contributed by atoms with Crippen molar-refractivity contribution in [2.45, 2.75) is 44.0 Å². The fourth-order valence-electron chi connectivity index (χ4n) is 1.82. The number of aliphatic hydroxyl groups excluding tert-OH is 1. The minimum atomic E-state index is -0.334. The normalized spacial score (nSPS) is 44.1. The van der Waals surface area contributed by atoms with Crippen molar-refractivity contribution in [3.8, 4) is 0 Å². The Kier molecular flexibility index (Phi) is 1.69. The number of rotatable bonds is 0.